The number of rotatable bonds is 10. The summed E-state index contributed by atoms with van der Waals surface area (Å²) in [6, 6.07) is 31.4. The van der Waals surface area contributed by atoms with E-state index in [2.05, 4.69) is 43.4 Å². The molecule has 5 rings (SSSR count). The largest absolute Gasteiger partial charge is 0.494 e. The molecule has 0 aliphatic carbocycles. The molecule has 1 atom stereocenters. The Morgan fingerprint density at radius 3 is 2.38 bits per heavy atom. The average molecular weight is 577 g/mol. The van der Waals surface area contributed by atoms with Crippen LogP contribution >= 0.6 is 11.8 Å². The summed E-state index contributed by atoms with van der Waals surface area (Å²) in [5.41, 5.74) is 5.63. The summed E-state index contributed by atoms with van der Waals surface area (Å²) in [4.78, 5) is 30.2. The second-order valence-electron chi connectivity index (χ2n) is 10.5. The van der Waals surface area contributed by atoms with Gasteiger partial charge in [-0.3, -0.25) is 9.59 Å². The van der Waals surface area contributed by atoms with Crippen LogP contribution in [0, 0.1) is 6.92 Å². The summed E-state index contributed by atoms with van der Waals surface area (Å²) >= 11 is 1.48. The van der Waals surface area contributed by atoms with Crippen molar-refractivity contribution in [1.82, 2.24) is 5.32 Å². The van der Waals surface area contributed by atoms with Gasteiger partial charge in [-0.1, -0.05) is 91.3 Å². The lowest BCUT2D eigenvalue weighted by Crippen LogP contribution is -2.33. The minimum absolute atomic E-state index is 0.0308. The molecule has 2 amide bonds. The molecule has 0 saturated heterocycles. The van der Waals surface area contributed by atoms with Gasteiger partial charge in [0.2, 0.25) is 0 Å². The fourth-order valence-corrected chi connectivity index (χ4v) is 5.79. The van der Waals surface area contributed by atoms with Crippen molar-refractivity contribution in [2.75, 3.05) is 11.5 Å². The van der Waals surface area contributed by atoms with Crippen LogP contribution in [0.25, 0.3) is 6.08 Å². The number of amides is 2. The topological polar surface area (TPSA) is 58.6 Å². The van der Waals surface area contributed by atoms with Crippen LogP contribution in [-0.4, -0.2) is 18.4 Å². The maximum absolute atomic E-state index is 13.6. The number of hydrogen-bond acceptors (Lipinski definition) is 4. The predicted octanol–water partition coefficient (Wildman–Crippen LogP) is 8.34. The molecule has 0 fully saturated rings. The van der Waals surface area contributed by atoms with Crippen molar-refractivity contribution in [3.05, 3.63) is 130 Å². The summed E-state index contributed by atoms with van der Waals surface area (Å²) in [7, 11) is 0. The van der Waals surface area contributed by atoms with E-state index in [1.54, 1.807) is 12.1 Å². The first kappa shape index (κ1) is 29.2. The van der Waals surface area contributed by atoms with Gasteiger partial charge < -0.3 is 15.0 Å². The Balaban J connectivity index is 1.26. The Morgan fingerprint density at radius 2 is 1.67 bits per heavy atom. The van der Waals surface area contributed by atoms with E-state index in [-0.39, 0.29) is 17.9 Å². The van der Waals surface area contributed by atoms with Crippen LogP contribution in [0.1, 0.15) is 65.3 Å². The number of benzene rings is 4. The van der Waals surface area contributed by atoms with Crippen molar-refractivity contribution >= 4 is 35.3 Å². The highest BCUT2D eigenvalue weighted by molar-refractivity contribution is 8.04. The monoisotopic (exact) mass is 576 g/mol. The van der Waals surface area contributed by atoms with Crippen molar-refractivity contribution in [1.29, 1.82) is 0 Å². The molecule has 214 valence electrons. The zero-order chi connectivity index (χ0) is 29.5. The molecule has 1 aliphatic heterocycles. The predicted molar refractivity (Wildman–Crippen MR) is 172 cm³/mol. The Morgan fingerprint density at radius 1 is 0.952 bits per heavy atom. The molecular formula is C36H36N2O3S. The molecule has 0 radical (unpaired) electrons. The summed E-state index contributed by atoms with van der Waals surface area (Å²) < 4.78 is 5.74. The molecule has 0 saturated carbocycles. The Labute approximate surface area is 252 Å². The number of fused-ring (bicyclic) bond motifs is 1. The smallest absolute Gasteiger partial charge is 0.265 e. The van der Waals surface area contributed by atoms with E-state index in [4.69, 9.17) is 4.74 Å². The molecule has 6 heteroatoms. The number of carbonyl (C=O) groups is 2. The van der Waals surface area contributed by atoms with Crippen molar-refractivity contribution in [2.24, 2.45) is 0 Å². The Hall–Kier alpha value is -4.29. The lowest BCUT2D eigenvalue weighted by Gasteiger charge is -2.30. The van der Waals surface area contributed by atoms with Crippen LogP contribution in [0.3, 0.4) is 0 Å². The number of para-hydroxylation sites is 1. The molecular weight excluding hydrogens is 540 g/mol. The molecule has 5 nitrogen and oxygen atoms in total. The third-order valence-electron chi connectivity index (χ3n) is 7.26. The zero-order valence-corrected chi connectivity index (χ0v) is 25.1. The van der Waals surface area contributed by atoms with E-state index < -0.39 is 0 Å². The lowest BCUT2D eigenvalue weighted by molar-refractivity contribution is -0.114. The first-order valence-electron chi connectivity index (χ1n) is 14.4. The van der Waals surface area contributed by atoms with Gasteiger partial charge in [-0.2, -0.15) is 0 Å². The summed E-state index contributed by atoms with van der Waals surface area (Å²) in [5, 5.41) is 3.08. The molecule has 4 aromatic carbocycles. The molecule has 1 N–H and O–H groups in total. The molecule has 4 aromatic rings. The standard InChI is InChI=1S/C36H36N2O3S/c1-4-5-22-41-31-20-18-29(19-21-31)26(3)37-35(39)30-16-14-27(15-17-30)23-34-36(40)38(24-28-12-10-25(2)11-13-28)32-8-6-7-9-33(32)42-34/h6-21,23,26H,4-5,22,24H2,1-3H3,(H,37,39)/b34-23+. The molecule has 0 aromatic heterocycles. The van der Waals surface area contributed by atoms with E-state index >= 15 is 0 Å². The van der Waals surface area contributed by atoms with Gasteiger partial charge in [-0.25, -0.2) is 0 Å². The first-order valence-corrected chi connectivity index (χ1v) is 15.2. The Bertz CT molecular complexity index is 1560. The van der Waals surface area contributed by atoms with Crippen molar-refractivity contribution < 1.29 is 14.3 Å². The highest BCUT2D eigenvalue weighted by Crippen LogP contribution is 2.42. The van der Waals surface area contributed by atoms with Crippen LogP contribution in [0.2, 0.25) is 0 Å². The summed E-state index contributed by atoms with van der Waals surface area (Å²) in [5.74, 6) is 0.662. The van der Waals surface area contributed by atoms with Gasteiger partial charge >= 0.3 is 0 Å². The third kappa shape index (κ3) is 7.12. The summed E-state index contributed by atoms with van der Waals surface area (Å²) in [6.07, 6.45) is 4.03. The number of aryl methyl sites for hydroxylation is 1. The summed E-state index contributed by atoms with van der Waals surface area (Å²) in [6.45, 7) is 7.37. The SMILES string of the molecule is CCCCOc1ccc(C(C)NC(=O)c2ccc(/C=C3/Sc4ccccc4N(Cc4ccc(C)cc4)C3=O)cc2)cc1. The molecule has 1 aliphatic rings. The van der Waals surface area contributed by atoms with Gasteiger partial charge in [-0.15, -0.1) is 0 Å². The molecule has 42 heavy (non-hydrogen) atoms. The van der Waals surface area contributed by atoms with Crippen molar-refractivity contribution in [3.8, 4) is 5.75 Å². The minimum Gasteiger partial charge on any atom is -0.494 e. The van der Waals surface area contributed by atoms with Crippen LogP contribution in [-0.2, 0) is 11.3 Å². The molecule has 1 heterocycles. The van der Waals surface area contributed by atoms with Gasteiger partial charge in [0, 0.05) is 10.5 Å². The fourth-order valence-electron chi connectivity index (χ4n) is 4.73. The van der Waals surface area contributed by atoms with E-state index in [9.17, 15) is 9.59 Å². The van der Waals surface area contributed by atoms with Gasteiger partial charge in [0.25, 0.3) is 11.8 Å². The third-order valence-corrected chi connectivity index (χ3v) is 8.34. The average Bonchev–Trinajstić information content (AvgIpc) is 3.01. The molecule has 1 unspecified atom stereocenters. The van der Waals surface area contributed by atoms with Crippen LogP contribution < -0.4 is 15.0 Å². The lowest BCUT2D eigenvalue weighted by atomic mass is 10.1. The van der Waals surface area contributed by atoms with Gasteiger partial charge in [0.1, 0.15) is 5.75 Å². The Kier molecular flexibility index (Phi) is 9.45. The van der Waals surface area contributed by atoms with Crippen molar-refractivity contribution in [2.45, 2.75) is 51.1 Å². The highest BCUT2D eigenvalue weighted by atomic mass is 32.2. The quantitative estimate of drug-likeness (QED) is 0.152. The van der Waals surface area contributed by atoms with Gasteiger partial charge in [0.05, 0.1) is 29.8 Å². The number of unbranched alkanes of at least 4 members (excludes halogenated alkanes) is 1. The highest BCUT2D eigenvalue weighted by Gasteiger charge is 2.29. The number of thioether (sulfide) groups is 1. The maximum Gasteiger partial charge on any atom is 0.265 e. The molecule has 0 bridgehead atoms. The van der Waals surface area contributed by atoms with E-state index in [0.29, 0.717) is 23.6 Å². The second-order valence-corrected chi connectivity index (χ2v) is 11.6. The molecule has 0 spiro atoms. The first-order chi connectivity index (χ1) is 20.4. The second kappa shape index (κ2) is 13.6. The van der Waals surface area contributed by atoms with Crippen LogP contribution in [0.15, 0.2) is 107 Å². The van der Waals surface area contributed by atoms with Gasteiger partial charge in [-0.05, 0) is 79.4 Å². The number of nitrogens with zero attached hydrogens (tertiary/aromatic N) is 1. The van der Waals surface area contributed by atoms with Gasteiger partial charge in [0.15, 0.2) is 0 Å². The number of hydrogen-bond donors (Lipinski definition) is 1. The van der Waals surface area contributed by atoms with Crippen LogP contribution in [0.4, 0.5) is 5.69 Å². The van der Waals surface area contributed by atoms with E-state index in [1.807, 2.05) is 78.6 Å². The zero-order valence-electron chi connectivity index (χ0n) is 24.3. The van der Waals surface area contributed by atoms with E-state index in [0.717, 1.165) is 45.9 Å². The van der Waals surface area contributed by atoms with Crippen molar-refractivity contribution in [3.63, 3.8) is 0 Å². The number of ether oxygens (including phenoxy) is 1. The number of nitrogens with one attached hydrogen (secondary N) is 1. The van der Waals surface area contributed by atoms with Crippen LogP contribution in [0.5, 0.6) is 5.75 Å². The fraction of sp³-hybridized carbons (Fsp3) is 0.222. The van der Waals surface area contributed by atoms with E-state index in [1.165, 1.54) is 17.3 Å². The minimum atomic E-state index is -0.153. The maximum atomic E-state index is 13.6. The number of anilines is 1. The number of carbonyl (C=O) groups excluding carboxylic acids is 2. The normalized spacial score (nSPS) is 14.4.